The summed E-state index contributed by atoms with van der Waals surface area (Å²) in [6.45, 7) is 10.9. The number of hydrogen-bond acceptors (Lipinski definition) is 2. The first kappa shape index (κ1) is 17.5. The van der Waals surface area contributed by atoms with E-state index in [-0.39, 0.29) is 0 Å². The fourth-order valence-corrected chi connectivity index (χ4v) is 3.28. The Morgan fingerprint density at radius 2 is 1.36 bits per heavy atom. The zero-order valence-corrected chi connectivity index (χ0v) is 15.9. The molecule has 1 heterocycles. The fraction of sp³-hybridized carbons (Fsp3) is 0.348. The van der Waals surface area contributed by atoms with Crippen LogP contribution < -0.4 is 0 Å². The summed E-state index contributed by atoms with van der Waals surface area (Å²) in [5, 5.41) is 4.23. The molecule has 3 aromatic rings. The lowest BCUT2D eigenvalue weighted by molar-refractivity contribution is 0.398. The minimum atomic E-state index is 0.315. The van der Waals surface area contributed by atoms with Gasteiger partial charge < -0.3 is 4.52 Å². The van der Waals surface area contributed by atoms with Crippen molar-refractivity contribution in [2.24, 2.45) is 5.41 Å². The van der Waals surface area contributed by atoms with Gasteiger partial charge in [0.2, 0.25) is 0 Å². The van der Waals surface area contributed by atoms with Crippen molar-refractivity contribution in [3.63, 3.8) is 0 Å². The highest BCUT2D eigenvalue weighted by atomic mass is 16.5. The lowest BCUT2D eigenvalue weighted by Gasteiger charge is -2.18. The summed E-state index contributed by atoms with van der Waals surface area (Å²) in [6, 6.07) is 17.5. The smallest absolute Gasteiger partial charge is 0.137 e. The molecule has 0 aliphatic rings. The average Bonchev–Trinajstić information content (AvgIpc) is 2.95. The van der Waals surface area contributed by atoms with E-state index < -0.39 is 0 Å². The average molecular weight is 333 g/mol. The maximum absolute atomic E-state index is 5.36. The van der Waals surface area contributed by atoms with E-state index in [1.807, 2.05) is 6.92 Å². The molecule has 0 saturated carbocycles. The van der Waals surface area contributed by atoms with E-state index in [4.69, 9.17) is 4.52 Å². The Bertz CT molecular complexity index is 833. The molecule has 2 nitrogen and oxygen atoms in total. The minimum absolute atomic E-state index is 0.315. The molecule has 0 aliphatic heterocycles. The second-order valence-electron chi connectivity index (χ2n) is 7.93. The quantitative estimate of drug-likeness (QED) is 0.547. The molecule has 0 bridgehead atoms. The van der Waals surface area contributed by atoms with E-state index in [9.17, 15) is 0 Å². The van der Waals surface area contributed by atoms with E-state index in [1.54, 1.807) is 0 Å². The van der Waals surface area contributed by atoms with Crippen LogP contribution in [0.15, 0.2) is 53.1 Å². The highest BCUT2D eigenvalue weighted by molar-refractivity contribution is 5.70. The van der Waals surface area contributed by atoms with E-state index in [1.165, 1.54) is 22.3 Å². The second-order valence-corrected chi connectivity index (χ2v) is 7.93. The van der Waals surface area contributed by atoms with E-state index >= 15 is 0 Å². The van der Waals surface area contributed by atoms with Crippen molar-refractivity contribution in [3.8, 4) is 22.4 Å². The van der Waals surface area contributed by atoms with Gasteiger partial charge in [0.05, 0.1) is 0 Å². The van der Waals surface area contributed by atoms with Gasteiger partial charge in [0.15, 0.2) is 0 Å². The van der Waals surface area contributed by atoms with Gasteiger partial charge in [0.1, 0.15) is 11.5 Å². The fourth-order valence-electron chi connectivity index (χ4n) is 3.28. The van der Waals surface area contributed by atoms with Gasteiger partial charge in [-0.15, -0.1) is 0 Å². The normalized spacial score (nSPS) is 11.7. The maximum Gasteiger partial charge on any atom is 0.137 e. The molecule has 0 N–H and O–H groups in total. The van der Waals surface area contributed by atoms with Crippen molar-refractivity contribution >= 4 is 0 Å². The van der Waals surface area contributed by atoms with Crippen LogP contribution in [0.4, 0.5) is 0 Å². The van der Waals surface area contributed by atoms with Gasteiger partial charge in [0.25, 0.3) is 0 Å². The Labute approximate surface area is 150 Å². The Kier molecular flexibility index (Phi) is 4.80. The summed E-state index contributed by atoms with van der Waals surface area (Å²) >= 11 is 0. The van der Waals surface area contributed by atoms with Crippen molar-refractivity contribution < 1.29 is 4.52 Å². The molecule has 0 radical (unpaired) electrons. The van der Waals surface area contributed by atoms with Crippen molar-refractivity contribution in [1.29, 1.82) is 0 Å². The summed E-state index contributed by atoms with van der Waals surface area (Å²) in [5.74, 6) is 0.913. The topological polar surface area (TPSA) is 26.0 Å². The highest BCUT2D eigenvalue weighted by Crippen LogP contribution is 2.29. The van der Waals surface area contributed by atoms with Crippen molar-refractivity contribution in [3.05, 3.63) is 65.4 Å². The summed E-state index contributed by atoms with van der Waals surface area (Å²) in [4.78, 5) is 0. The third-order valence-corrected chi connectivity index (χ3v) is 4.52. The zero-order valence-electron chi connectivity index (χ0n) is 15.9. The molecule has 0 spiro atoms. The summed E-state index contributed by atoms with van der Waals surface area (Å²) in [6.07, 6.45) is 2.03. The summed E-state index contributed by atoms with van der Waals surface area (Å²) in [7, 11) is 0. The van der Waals surface area contributed by atoms with Crippen LogP contribution in [-0.4, -0.2) is 5.16 Å². The molecule has 2 heteroatoms. The van der Waals surface area contributed by atoms with Crippen LogP contribution in [-0.2, 0) is 12.8 Å². The third kappa shape index (κ3) is 4.01. The molecule has 0 amide bonds. The molecule has 25 heavy (non-hydrogen) atoms. The Morgan fingerprint density at radius 3 is 1.88 bits per heavy atom. The number of nitrogens with zero attached hydrogens (tertiary/aromatic N) is 1. The maximum atomic E-state index is 5.36. The van der Waals surface area contributed by atoms with Gasteiger partial charge in [-0.1, -0.05) is 81.4 Å². The van der Waals surface area contributed by atoms with Crippen molar-refractivity contribution in [1.82, 2.24) is 5.16 Å². The van der Waals surface area contributed by atoms with Crippen LogP contribution in [0.2, 0.25) is 0 Å². The SMILES string of the molecule is CCc1c(-c2ccc(-c3ccc(CC(C)(C)C)cc3)cc2)noc1C. The number of rotatable bonds is 4. The van der Waals surface area contributed by atoms with Crippen LogP contribution in [0.5, 0.6) is 0 Å². The first-order chi connectivity index (χ1) is 11.9. The van der Waals surface area contributed by atoms with Gasteiger partial charge in [-0.3, -0.25) is 0 Å². The van der Waals surface area contributed by atoms with Crippen molar-refractivity contribution in [2.45, 2.75) is 47.5 Å². The monoisotopic (exact) mass is 333 g/mol. The molecule has 0 saturated heterocycles. The van der Waals surface area contributed by atoms with Gasteiger partial charge >= 0.3 is 0 Å². The lowest BCUT2D eigenvalue weighted by atomic mass is 9.87. The first-order valence-electron chi connectivity index (χ1n) is 9.02. The second kappa shape index (κ2) is 6.87. The summed E-state index contributed by atoms with van der Waals surface area (Å²) < 4.78 is 5.36. The molecule has 0 unspecified atom stereocenters. The van der Waals surface area contributed by atoms with Gasteiger partial charge in [0, 0.05) is 11.1 Å². The van der Waals surface area contributed by atoms with Crippen LogP contribution in [0.25, 0.3) is 22.4 Å². The standard InChI is InChI=1S/C23H27NO/c1-6-21-16(2)25-24-22(21)20-13-11-19(12-14-20)18-9-7-17(8-10-18)15-23(3,4)5/h7-14H,6,15H2,1-5H3. The molecule has 2 aromatic carbocycles. The number of benzene rings is 2. The van der Waals surface area contributed by atoms with E-state index in [0.29, 0.717) is 5.41 Å². The largest absolute Gasteiger partial charge is 0.361 e. The number of aryl methyl sites for hydroxylation is 1. The molecule has 0 atom stereocenters. The van der Waals surface area contributed by atoms with Crippen molar-refractivity contribution in [2.75, 3.05) is 0 Å². The molecule has 0 aliphatic carbocycles. The Balaban J connectivity index is 1.83. The lowest BCUT2D eigenvalue weighted by Crippen LogP contribution is -2.08. The highest BCUT2D eigenvalue weighted by Gasteiger charge is 2.13. The predicted molar refractivity (Wildman–Crippen MR) is 105 cm³/mol. The molecular weight excluding hydrogens is 306 g/mol. The third-order valence-electron chi connectivity index (χ3n) is 4.52. The predicted octanol–water partition coefficient (Wildman–Crippen LogP) is 6.47. The number of aromatic nitrogens is 1. The van der Waals surface area contributed by atoms with Crippen LogP contribution in [0.1, 0.15) is 44.6 Å². The molecule has 0 fully saturated rings. The first-order valence-corrected chi connectivity index (χ1v) is 9.02. The summed E-state index contributed by atoms with van der Waals surface area (Å²) in [5.41, 5.74) is 7.45. The van der Waals surface area contributed by atoms with Crippen LogP contribution >= 0.6 is 0 Å². The van der Waals surface area contributed by atoms with Gasteiger partial charge in [-0.25, -0.2) is 0 Å². The van der Waals surface area contributed by atoms with Crippen LogP contribution in [0, 0.1) is 12.3 Å². The van der Waals surface area contributed by atoms with E-state index in [2.05, 4.69) is 81.4 Å². The Hall–Kier alpha value is -2.35. The molecule has 3 rings (SSSR count). The van der Waals surface area contributed by atoms with Crippen LogP contribution in [0.3, 0.4) is 0 Å². The Morgan fingerprint density at radius 1 is 0.840 bits per heavy atom. The van der Waals surface area contributed by atoms with Gasteiger partial charge in [-0.2, -0.15) is 0 Å². The minimum Gasteiger partial charge on any atom is -0.361 e. The molecular formula is C23H27NO. The number of hydrogen-bond donors (Lipinski definition) is 0. The molecule has 1 aromatic heterocycles. The zero-order chi connectivity index (χ0) is 18.0. The molecule has 130 valence electrons. The van der Waals surface area contributed by atoms with E-state index in [0.717, 1.165) is 29.9 Å². The van der Waals surface area contributed by atoms with Gasteiger partial charge in [-0.05, 0) is 41.9 Å².